The molecule has 1 aromatic heterocycles. The van der Waals surface area contributed by atoms with E-state index in [1.165, 1.54) is 0 Å². The Morgan fingerprint density at radius 3 is 2.88 bits per heavy atom. The van der Waals surface area contributed by atoms with Gasteiger partial charge in [0.2, 0.25) is 0 Å². The number of ether oxygens (including phenoxy) is 1. The van der Waals surface area contributed by atoms with Gasteiger partial charge in [-0.3, -0.25) is 0 Å². The number of H-pyrrole nitrogens is 1. The number of aromatic amines is 1. The molecule has 1 heterocycles. The lowest BCUT2D eigenvalue weighted by Gasteiger charge is -2.07. The van der Waals surface area contributed by atoms with Crippen molar-refractivity contribution in [1.29, 1.82) is 0 Å². The number of hydrogen-bond acceptors (Lipinski definition) is 3. The van der Waals surface area contributed by atoms with Crippen molar-refractivity contribution < 1.29 is 4.74 Å². The van der Waals surface area contributed by atoms with Crippen LogP contribution in [0.5, 0.6) is 5.75 Å². The van der Waals surface area contributed by atoms with Crippen LogP contribution in [0.1, 0.15) is 12.7 Å². The number of benzene rings is 1. The van der Waals surface area contributed by atoms with E-state index in [1.807, 2.05) is 31.2 Å². The molecule has 2 aromatic rings. The smallest absolute Gasteiger partial charge is 0.128 e. The predicted molar refractivity (Wildman–Crippen MR) is 63.1 cm³/mol. The molecule has 0 spiro atoms. The van der Waals surface area contributed by atoms with E-state index >= 15 is 0 Å². The minimum atomic E-state index is 0.413. The molecule has 0 atom stereocenters. The summed E-state index contributed by atoms with van der Waals surface area (Å²) >= 11 is 0. The lowest BCUT2D eigenvalue weighted by Crippen LogP contribution is -1.98. The van der Waals surface area contributed by atoms with Gasteiger partial charge in [-0.2, -0.15) is 0 Å². The molecule has 4 nitrogen and oxygen atoms in total. The zero-order chi connectivity index (χ0) is 11.4. The fourth-order valence-electron chi connectivity index (χ4n) is 1.57. The van der Waals surface area contributed by atoms with Crippen LogP contribution in [0.25, 0.3) is 11.3 Å². The van der Waals surface area contributed by atoms with E-state index in [0.717, 1.165) is 22.8 Å². The van der Waals surface area contributed by atoms with Gasteiger partial charge in [0.25, 0.3) is 0 Å². The van der Waals surface area contributed by atoms with Gasteiger partial charge < -0.3 is 15.5 Å². The van der Waals surface area contributed by atoms with Crippen molar-refractivity contribution >= 4 is 0 Å². The van der Waals surface area contributed by atoms with Gasteiger partial charge in [0.15, 0.2) is 0 Å². The summed E-state index contributed by atoms with van der Waals surface area (Å²) in [6.45, 7) is 3.03. The highest BCUT2D eigenvalue weighted by atomic mass is 16.5. The summed E-state index contributed by atoms with van der Waals surface area (Å²) < 4.78 is 5.56. The Bertz CT molecular complexity index is 465. The first kappa shape index (κ1) is 10.7. The molecule has 3 N–H and O–H groups in total. The SMILES string of the molecule is CCOc1ccccc1-c1cnc(CN)[nH]1. The molecule has 16 heavy (non-hydrogen) atoms. The average molecular weight is 217 g/mol. The van der Waals surface area contributed by atoms with Gasteiger partial charge in [0, 0.05) is 5.56 Å². The maximum absolute atomic E-state index is 5.56. The largest absolute Gasteiger partial charge is 0.493 e. The first-order valence-electron chi connectivity index (χ1n) is 5.31. The summed E-state index contributed by atoms with van der Waals surface area (Å²) in [6, 6.07) is 7.87. The zero-order valence-corrected chi connectivity index (χ0v) is 9.23. The summed E-state index contributed by atoms with van der Waals surface area (Å²) in [5, 5.41) is 0. The molecule has 0 saturated carbocycles. The molecule has 84 valence electrons. The molecule has 0 aliphatic carbocycles. The first-order valence-corrected chi connectivity index (χ1v) is 5.31. The lowest BCUT2D eigenvalue weighted by molar-refractivity contribution is 0.341. The van der Waals surface area contributed by atoms with Crippen LogP contribution in [0.4, 0.5) is 0 Å². The predicted octanol–water partition coefficient (Wildman–Crippen LogP) is 1.93. The molecule has 0 bridgehead atoms. The molecule has 0 unspecified atom stereocenters. The highest BCUT2D eigenvalue weighted by Crippen LogP contribution is 2.28. The molecule has 4 heteroatoms. The number of rotatable bonds is 4. The molecule has 0 aliphatic rings. The van der Waals surface area contributed by atoms with Crippen LogP contribution >= 0.6 is 0 Å². The number of nitrogens with zero attached hydrogens (tertiary/aromatic N) is 1. The Morgan fingerprint density at radius 2 is 2.19 bits per heavy atom. The number of aromatic nitrogens is 2. The van der Waals surface area contributed by atoms with Crippen LogP contribution in [0.15, 0.2) is 30.5 Å². The monoisotopic (exact) mass is 217 g/mol. The minimum Gasteiger partial charge on any atom is -0.493 e. The Labute approximate surface area is 94.5 Å². The van der Waals surface area contributed by atoms with Crippen LogP contribution in [0.3, 0.4) is 0 Å². The maximum Gasteiger partial charge on any atom is 0.128 e. The normalized spacial score (nSPS) is 10.4. The molecule has 1 aromatic carbocycles. The minimum absolute atomic E-state index is 0.413. The molecule has 0 aliphatic heterocycles. The van der Waals surface area contributed by atoms with Gasteiger partial charge in [-0.15, -0.1) is 0 Å². The fourth-order valence-corrected chi connectivity index (χ4v) is 1.57. The highest BCUT2D eigenvalue weighted by molar-refractivity contribution is 5.66. The molecule has 0 saturated heterocycles. The van der Waals surface area contributed by atoms with Gasteiger partial charge in [-0.25, -0.2) is 4.98 Å². The van der Waals surface area contributed by atoms with Crippen molar-refractivity contribution in [1.82, 2.24) is 9.97 Å². The van der Waals surface area contributed by atoms with Crippen LogP contribution < -0.4 is 10.5 Å². The molecule has 0 amide bonds. The summed E-state index contributed by atoms with van der Waals surface area (Å²) in [5.41, 5.74) is 7.46. The first-order chi connectivity index (χ1) is 7.85. The standard InChI is InChI=1S/C12H15N3O/c1-2-16-11-6-4-3-5-9(11)10-8-14-12(7-13)15-10/h3-6,8H,2,7,13H2,1H3,(H,14,15). The van der Waals surface area contributed by atoms with E-state index in [9.17, 15) is 0 Å². The van der Waals surface area contributed by atoms with Gasteiger partial charge in [-0.05, 0) is 19.1 Å². The number of hydrogen-bond donors (Lipinski definition) is 2. The topological polar surface area (TPSA) is 63.9 Å². The van der Waals surface area contributed by atoms with Crippen LogP contribution in [-0.2, 0) is 6.54 Å². The molecule has 0 fully saturated rings. The fraction of sp³-hybridized carbons (Fsp3) is 0.250. The third-order valence-electron chi connectivity index (χ3n) is 2.30. The maximum atomic E-state index is 5.56. The van der Waals surface area contributed by atoms with Crippen molar-refractivity contribution in [2.45, 2.75) is 13.5 Å². The van der Waals surface area contributed by atoms with Crippen LogP contribution in [0.2, 0.25) is 0 Å². The van der Waals surface area contributed by atoms with E-state index < -0.39 is 0 Å². The van der Waals surface area contributed by atoms with Crippen LogP contribution in [0, 0.1) is 0 Å². The van der Waals surface area contributed by atoms with Gasteiger partial charge in [0.1, 0.15) is 11.6 Å². The van der Waals surface area contributed by atoms with E-state index in [-0.39, 0.29) is 0 Å². The second kappa shape index (κ2) is 4.81. The van der Waals surface area contributed by atoms with Crippen molar-refractivity contribution in [3.63, 3.8) is 0 Å². The van der Waals surface area contributed by atoms with Gasteiger partial charge >= 0.3 is 0 Å². The number of para-hydroxylation sites is 1. The zero-order valence-electron chi connectivity index (χ0n) is 9.23. The summed E-state index contributed by atoms with van der Waals surface area (Å²) in [6.07, 6.45) is 1.78. The van der Waals surface area contributed by atoms with E-state index in [4.69, 9.17) is 10.5 Å². The van der Waals surface area contributed by atoms with E-state index in [2.05, 4.69) is 9.97 Å². The summed E-state index contributed by atoms with van der Waals surface area (Å²) in [7, 11) is 0. The van der Waals surface area contributed by atoms with Crippen LogP contribution in [-0.4, -0.2) is 16.6 Å². The Morgan fingerprint density at radius 1 is 1.38 bits per heavy atom. The summed E-state index contributed by atoms with van der Waals surface area (Å²) in [4.78, 5) is 7.34. The average Bonchev–Trinajstić information content (AvgIpc) is 2.79. The third-order valence-corrected chi connectivity index (χ3v) is 2.30. The van der Waals surface area contributed by atoms with Gasteiger partial charge in [-0.1, -0.05) is 12.1 Å². The second-order valence-electron chi connectivity index (χ2n) is 3.38. The summed E-state index contributed by atoms with van der Waals surface area (Å²) in [5.74, 6) is 1.64. The van der Waals surface area contributed by atoms with E-state index in [1.54, 1.807) is 6.20 Å². The quantitative estimate of drug-likeness (QED) is 0.822. The highest BCUT2D eigenvalue weighted by Gasteiger charge is 2.07. The third kappa shape index (κ3) is 2.06. The van der Waals surface area contributed by atoms with Crippen molar-refractivity contribution in [3.8, 4) is 17.0 Å². The molecule has 2 rings (SSSR count). The Balaban J connectivity index is 2.38. The van der Waals surface area contributed by atoms with Crippen molar-refractivity contribution in [2.75, 3.05) is 6.61 Å². The lowest BCUT2D eigenvalue weighted by atomic mass is 10.1. The molecular weight excluding hydrogens is 202 g/mol. The molecule has 0 radical (unpaired) electrons. The molecular formula is C12H15N3O. The number of nitrogens with one attached hydrogen (secondary N) is 1. The van der Waals surface area contributed by atoms with Crippen molar-refractivity contribution in [3.05, 3.63) is 36.3 Å². The number of nitrogens with two attached hydrogens (primary N) is 1. The second-order valence-corrected chi connectivity index (χ2v) is 3.38. The number of imidazole rings is 1. The Hall–Kier alpha value is -1.81. The van der Waals surface area contributed by atoms with Crippen molar-refractivity contribution in [2.24, 2.45) is 5.73 Å². The van der Waals surface area contributed by atoms with E-state index in [0.29, 0.717) is 13.2 Å². The Kier molecular flexibility index (Phi) is 3.22. The van der Waals surface area contributed by atoms with Gasteiger partial charge in [0.05, 0.1) is 25.0 Å².